The third-order valence-corrected chi connectivity index (χ3v) is 6.74. The van der Waals surface area contributed by atoms with Gasteiger partial charge >= 0.3 is 0 Å². The van der Waals surface area contributed by atoms with Crippen LogP contribution in [0.15, 0.2) is 36.4 Å². The van der Waals surface area contributed by atoms with Gasteiger partial charge in [0.25, 0.3) is 5.91 Å². The van der Waals surface area contributed by atoms with E-state index in [-0.39, 0.29) is 12.5 Å². The summed E-state index contributed by atoms with van der Waals surface area (Å²) in [5.74, 6) is -0.0648. The molecule has 7 heteroatoms. The van der Waals surface area contributed by atoms with E-state index in [2.05, 4.69) is 44.4 Å². The largest absolute Gasteiger partial charge is 0.396 e. The first kappa shape index (κ1) is 20.5. The molecule has 2 aromatic carbocycles. The predicted octanol–water partition coefficient (Wildman–Crippen LogP) is 3.23. The van der Waals surface area contributed by atoms with Gasteiger partial charge in [-0.2, -0.15) is 0 Å². The van der Waals surface area contributed by atoms with Crippen molar-refractivity contribution in [1.82, 2.24) is 20.1 Å². The molecule has 6 nitrogen and oxygen atoms in total. The van der Waals surface area contributed by atoms with Crippen molar-refractivity contribution in [1.29, 1.82) is 0 Å². The number of carbonyl (C=O) groups is 1. The first-order chi connectivity index (χ1) is 15.1. The lowest BCUT2D eigenvalue weighted by Gasteiger charge is -2.34. The number of carbonyl (C=O) groups excluding carboxylic acids is 1. The normalized spacial score (nSPS) is 17.3. The molecule has 1 aromatic heterocycles. The number of rotatable bonds is 6. The van der Waals surface area contributed by atoms with Crippen molar-refractivity contribution < 1.29 is 9.90 Å². The molecule has 3 N–H and O–H groups in total. The third-order valence-electron chi connectivity index (χ3n) is 6.39. The molecule has 1 fully saturated rings. The van der Waals surface area contributed by atoms with Gasteiger partial charge < -0.3 is 20.3 Å². The van der Waals surface area contributed by atoms with Crippen LogP contribution >= 0.6 is 11.6 Å². The van der Waals surface area contributed by atoms with Gasteiger partial charge in [0, 0.05) is 85.2 Å². The summed E-state index contributed by atoms with van der Waals surface area (Å²) >= 11 is 6.30. The van der Waals surface area contributed by atoms with Crippen LogP contribution in [0.1, 0.15) is 27.9 Å². The zero-order valence-corrected chi connectivity index (χ0v) is 18.2. The van der Waals surface area contributed by atoms with E-state index in [1.54, 1.807) is 0 Å². The van der Waals surface area contributed by atoms with Crippen LogP contribution in [0.5, 0.6) is 0 Å². The molecule has 2 aliphatic rings. The van der Waals surface area contributed by atoms with E-state index < -0.39 is 0 Å². The number of aliphatic hydroxyl groups excluding tert-OH is 1. The molecule has 3 aromatic rings. The highest BCUT2D eigenvalue weighted by Crippen LogP contribution is 2.34. The van der Waals surface area contributed by atoms with E-state index in [0.717, 1.165) is 73.4 Å². The molecule has 0 aliphatic carbocycles. The Kier molecular flexibility index (Phi) is 5.71. The van der Waals surface area contributed by atoms with Gasteiger partial charge in [-0.25, -0.2) is 0 Å². The second kappa shape index (κ2) is 8.63. The number of benzene rings is 2. The maximum Gasteiger partial charge on any atom is 0.252 e. The van der Waals surface area contributed by atoms with Crippen molar-refractivity contribution in [3.63, 3.8) is 0 Å². The van der Waals surface area contributed by atoms with Crippen molar-refractivity contribution in [3.8, 4) is 11.3 Å². The lowest BCUT2D eigenvalue weighted by atomic mass is 10.0. The van der Waals surface area contributed by atoms with Crippen LogP contribution in [0.2, 0.25) is 5.02 Å². The van der Waals surface area contributed by atoms with E-state index >= 15 is 0 Å². The van der Waals surface area contributed by atoms with Gasteiger partial charge in [0.15, 0.2) is 0 Å². The monoisotopic (exact) mass is 438 g/mol. The number of aliphatic hydroxyl groups is 1. The van der Waals surface area contributed by atoms with Crippen LogP contribution in [-0.4, -0.2) is 65.1 Å². The zero-order valence-electron chi connectivity index (χ0n) is 17.5. The Bertz CT molecular complexity index is 1120. The minimum atomic E-state index is -0.0648. The molecular formula is C24H27ClN4O2. The van der Waals surface area contributed by atoms with Gasteiger partial charge in [0.1, 0.15) is 0 Å². The maximum atomic E-state index is 12.4. The summed E-state index contributed by atoms with van der Waals surface area (Å²) in [5, 5.41) is 13.7. The molecule has 1 amide bonds. The summed E-state index contributed by atoms with van der Waals surface area (Å²) in [6.07, 6.45) is 0.852. The average Bonchev–Trinajstić information content (AvgIpc) is 3.38. The number of nitrogens with one attached hydrogen (secondary N) is 2. The standard InChI is InChI=1S/C24H27ClN4O2/c25-20-4-3-18(23-19(20)14-26-24(23)31)22-13-17-12-16(2-5-21(17)27-22)15-29-9-7-28(8-10-29)6-1-11-30/h2-5,12-13,27,30H,1,6-11,14-15H2,(H,26,31). The van der Waals surface area contributed by atoms with Crippen molar-refractivity contribution in [2.45, 2.75) is 19.5 Å². The van der Waals surface area contributed by atoms with Gasteiger partial charge in [0.05, 0.1) is 5.56 Å². The summed E-state index contributed by atoms with van der Waals surface area (Å²) in [5.41, 5.74) is 5.75. The summed E-state index contributed by atoms with van der Waals surface area (Å²) < 4.78 is 0. The first-order valence-corrected chi connectivity index (χ1v) is 11.3. The minimum absolute atomic E-state index is 0.0648. The Morgan fingerprint density at radius 1 is 1.03 bits per heavy atom. The van der Waals surface area contributed by atoms with Crippen molar-refractivity contribution in [3.05, 3.63) is 58.1 Å². The molecular weight excluding hydrogens is 412 g/mol. The number of hydrogen-bond acceptors (Lipinski definition) is 4. The van der Waals surface area contributed by atoms with E-state index in [9.17, 15) is 4.79 Å². The van der Waals surface area contributed by atoms with E-state index in [0.29, 0.717) is 17.1 Å². The highest BCUT2D eigenvalue weighted by atomic mass is 35.5. The average molecular weight is 439 g/mol. The number of amides is 1. The molecule has 2 aliphatic heterocycles. The van der Waals surface area contributed by atoms with Crippen molar-refractivity contribution >= 4 is 28.4 Å². The molecule has 0 spiro atoms. The fraction of sp³-hybridized carbons (Fsp3) is 0.375. The number of fused-ring (bicyclic) bond motifs is 2. The third kappa shape index (κ3) is 4.08. The van der Waals surface area contributed by atoms with Crippen LogP contribution in [0.25, 0.3) is 22.2 Å². The lowest BCUT2D eigenvalue weighted by molar-refractivity contribution is 0.0966. The molecule has 0 unspecified atom stereocenters. The van der Waals surface area contributed by atoms with Crippen LogP contribution in [0, 0.1) is 0 Å². The van der Waals surface area contributed by atoms with Crippen molar-refractivity contribution in [2.75, 3.05) is 39.3 Å². The quantitative estimate of drug-likeness (QED) is 0.552. The smallest absolute Gasteiger partial charge is 0.252 e. The Labute approximate surface area is 186 Å². The molecule has 162 valence electrons. The Morgan fingerprint density at radius 3 is 2.65 bits per heavy atom. The topological polar surface area (TPSA) is 71.6 Å². The number of aromatic amines is 1. The molecule has 0 radical (unpaired) electrons. The van der Waals surface area contributed by atoms with Crippen LogP contribution < -0.4 is 5.32 Å². The van der Waals surface area contributed by atoms with E-state index in [1.165, 1.54) is 5.56 Å². The number of piperazine rings is 1. The second-order valence-electron chi connectivity index (χ2n) is 8.43. The van der Waals surface area contributed by atoms with Crippen molar-refractivity contribution in [2.24, 2.45) is 0 Å². The van der Waals surface area contributed by atoms with Crippen LogP contribution in [0.4, 0.5) is 0 Å². The summed E-state index contributed by atoms with van der Waals surface area (Å²) in [6, 6.07) is 12.5. The van der Waals surface area contributed by atoms with Gasteiger partial charge in [0.2, 0.25) is 0 Å². The Hall–Kier alpha value is -2.38. The summed E-state index contributed by atoms with van der Waals surface area (Å²) in [4.78, 5) is 20.8. The lowest BCUT2D eigenvalue weighted by Crippen LogP contribution is -2.46. The second-order valence-corrected chi connectivity index (χ2v) is 8.84. The fourth-order valence-electron chi connectivity index (χ4n) is 4.69. The predicted molar refractivity (Wildman–Crippen MR) is 123 cm³/mol. The summed E-state index contributed by atoms with van der Waals surface area (Å²) in [7, 11) is 0. The van der Waals surface area contributed by atoms with Crippen LogP contribution in [0.3, 0.4) is 0 Å². The maximum absolute atomic E-state index is 12.4. The van der Waals surface area contributed by atoms with Crippen LogP contribution in [-0.2, 0) is 13.1 Å². The van der Waals surface area contributed by atoms with Gasteiger partial charge in [-0.3, -0.25) is 9.69 Å². The number of aromatic nitrogens is 1. The molecule has 0 bridgehead atoms. The fourth-order valence-corrected chi connectivity index (χ4v) is 4.91. The first-order valence-electron chi connectivity index (χ1n) is 10.9. The number of nitrogens with zero attached hydrogens (tertiary/aromatic N) is 2. The molecule has 0 saturated carbocycles. The van der Waals surface area contributed by atoms with E-state index in [1.807, 2.05) is 12.1 Å². The molecule has 31 heavy (non-hydrogen) atoms. The Balaban J connectivity index is 1.34. The van der Waals surface area contributed by atoms with Gasteiger partial charge in [-0.15, -0.1) is 0 Å². The SMILES string of the molecule is O=C1NCc2c(Cl)ccc(-c3cc4cc(CN5CCN(CCCO)CC5)ccc4[nH]3)c21. The molecule has 1 saturated heterocycles. The number of halogens is 1. The Morgan fingerprint density at radius 2 is 1.84 bits per heavy atom. The molecule has 5 rings (SSSR count). The summed E-state index contributed by atoms with van der Waals surface area (Å²) in [6.45, 7) is 6.88. The minimum Gasteiger partial charge on any atom is -0.396 e. The van der Waals surface area contributed by atoms with E-state index in [4.69, 9.17) is 16.7 Å². The molecule has 3 heterocycles. The molecule has 0 atom stereocenters. The van der Waals surface area contributed by atoms with Gasteiger partial charge in [-0.1, -0.05) is 23.7 Å². The number of hydrogen-bond donors (Lipinski definition) is 3. The highest BCUT2D eigenvalue weighted by molar-refractivity contribution is 6.32. The van der Waals surface area contributed by atoms with Gasteiger partial charge in [-0.05, 0) is 36.2 Å². The number of H-pyrrole nitrogens is 1. The zero-order chi connectivity index (χ0) is 21.4. The highest BCUT2D eigenvalue weighted by Gasteiger charge is 2.26.